The summed E-state index contributed by atoms with van der Waals surface area (Å²) in [5, 5.41) is 19.6. The van der Waals surface area contributed by atoms with Crippen LogP contribution in [0.3, 0.4) is 0 Å². The molecule has 3 heterocycles. The molecule has 4 bridgehead atoms. The number of likely N-dealkylation sites (tertiary alicyclic amines) is 1. The van der Waals surface area contributed by atoms with Gasteiger partial charge in [-0.2, -0.15) is 0 Å². The Morgan fingerprint density at radius 1 is 0.817 bits per heavy atom. The summed E-state index contributed by atoms with van der Waals surface area (Å²) in [5.74, 6) is 2.50. The van der Waals surface area contributed by atoms with E-state index in [9.17, 15) is 14.7 Å². The summed E-state index contributed by atoms with van der Waals surface area (Å²) in [6, 6.07) is 35.0. The highest BCUT2D eigenvalue weighted by Gasteiger charge is 2.52. The van der Waals surface area contributed by atoms with Gasteiger partial charge in [0.15, 0.2) is 6.29 Å². The van der Waals surface area contributed by atoms with Crippen LogP contribution in [0.5, 0.6) is 0 Å². The van der Waals surface area contributed by atoms with E-state index in [4.69, 9.17) is 9.47 Å². The summed E-state index contributed by atoms with van der Waals surface area (Å²) in [6.45, 7) is 5.48. The number of aliphatic hydroxyl groups is 1. The number of rotatable bonds is 10. The van der Waals surface area contributed by atoms with Gasteiger partial charge in [0.05, 0.1) is 25.5 Å². The van der Waals surface area contributed by atoms with Gasteiger partial charge in [-0.05, 0) is 109 Å². The third-order valence-corrected chi connectivity index (χ3v) is 15.0. The second-order valence-corrected chi connectivity index (χ2v) is 18.9. The van der Waals surface area contributed by atoms with Gasteiger partial charge in [-0.25, -0.2) is 4.79 Å². The molecule has 3 amide bonds. The largest absolute Gasteiger partial charge is 0.392 e. The van der Waals surface area contributed by atoms with E-state index in [1.807, 2.05) is 36.4 Å². The van der Waals surface area contributed by atoms with E-state index in [0.29, 0.717) is 13.2 Å². The molecule has 4 N–H and O–H groups in total. The van der Waals surface area contributed by atoms with Crippen LogP contribution in [-0.4, -0.2) is 65.4 Å². The van der Waals surface area contributed by atoms with Gasteiger partial charge in [0.1, 0.15) is 5.54 Å². The minimum atomic E-state index is -0.585. The second-order valence-electron chi connectivity index (χ2n) is 18.9. The Kier molecular flexibility index (Phi) is 10.7. The Balaban J connectivity index is 0.831. The first kappa shape index (κ1) is 39.4. The molecule has 4 atom stereocenters. The fourth-order valence-electron chi connectivity index (χ4n) is 12.2. The number of piperidine rings is 1. The van der Waals surface area contributed by atoms with E-state index in [1.165, 1.54) is 19.3 Å². The van der Waals surface area contributed by atoms with Gasteiger partial charge in [-0.3, -0.25) is 4.79 Å². The van der Waals surface area contributed by atoms with Crippen LogP contribution in [-0.2, 0) is 27.4 Å². The Morgan fingerprint density at radius 2 is 1.47 bits per heavy atom. The van der Waals surface area contributed by atoms with E-state index < -0.39 is 11.8 Å². The van der Waals surface area contributed by atoms with Gasteiger partial charge in [0.2, 0.25) is 5.91 Å². The molecule has 3 aliphatic heterocycles. The van der Waals surface area contributed by atoms with Crippen LogP contribution in [0.25, 0.3) is 11.1 Å². The van der Waals surface area contributed by atoms with Crippen molar-refractivity contribution in [2.75, 3.05) is 31.2 Å². The van der Waals surface area contributed by atoms with Crippen LogP contribution < -0.4 is 20.9 Å². The molecule has 10 nitrogen and oxygen atoms in total. The highest BCUT2D eigenvalue weighted by atomic mass is 16.7. The number of nitrogens with one attached hydrogen (secondary N) is 3. The molecule has 4 aromatic carbocycles. The van der Waals surface area contributed by atoms with Gasteiger partial charge in [-0.15, -0.1) is 0 Å². The molecule has 4 unspecified atom stereocenters. The van der Waals surface area contributed by atoms with Crippen LogP contribution in [0.4, 0.5) is 10.5 Å². The van der Waals surface area contributed by atoms with Crippen molar-refractivity contribution >= 4 is 17.6 Å². The fourth-order valence-corrected chi connectivity index (χ4v) is 12.2. The Hall–Kier alpha value is -4.74. The predicted octanol–water partition coefficient (Wildman–Crippen LogP) is 7.83. The molecule has 4 aliphatic carbocycles. The standard InChI is InChI=1S/C50H59N5O5/c1-33-44(30-54-21-19-50(20-22-54)47(57)52-32-55(50)42-8-3-2-4-9-42)59-46(60-45(33)39-13-11-34(31-56)12-14-39)40-17-15-38(16-18-40)43-10-6-5-7-41(43)29-51-48(58)53-49-26-35-23-36(27-49)25-37(24-35)28-49/h2-18,33,35-37,44-46,56H,19-32H2,1H3,(H,52,57)(H2,51,53,58). The number of carbonyl (C=O) groups excluding carboxylic acids is 2. The summed E-state index contributed by atoms with van der Waals surface area (Å²) < 4.78 is 13.7. The van der Waals surface area contributed by atoms with Crippen LogP contribution in [0.15, 0.2) is 103 Å². The minimum Gasteiger partial charge on any atom is -0.392 e. The van der Waals surface area contributed by atoms with Crippen molar-refractivity contribution < 1.29 is 24.2 Å². The smallest absolute Gasteiger partial charge is 0.315 e. The van der Waals surface area contributed by atoms with Crippen molar-refractivity contribution in [3.8, 4) is 11.1 Å². The summed E-state index contributed by atoms with van der Waals surface area (Å²) in [7, 11) is 0. The lowest BCUT2D eigenvalue weighted by atomic mass is 9.53. The minimum absolute atomic E-state index is 0.00747. The molecule has 11 rings (SSSR count). The topological polar surface area (TPSA) is 115 Å². The number of hydrogen-bond acceptors (Lipinski definition) is 7. The van der Waals surface area contributed by atoms with Crippen molar-refractivity contribution in [2.24, 2.45) is 23.7 Å². The lowest BCUT2D eigenvalue weighted by Gasteiger charge is -2.56. The molecule has 7 fully saturated rings. The van der Waals surface area contributed by atoms with Gasteiger partial charge >= 0.3 is 6.03 Å². The lowest BCUT2D eigenvalue weighted by Crippen LogP contribution is -2.61. The summed E-state index contributed by atoms with van der Waals surface area (Å²) >= 11 is 0. The number of anilines is 1. The van der Waals surface area contributed by atoms with Gasteiger partial charge in [0, 0.05) is 48.9 Å². The molecule has 7 aliphatic rings. The SMILES string of the molecule is CC1C(CN2CCC3(CC2)C(=O)NCN3c2ccccc2)OC(c2ccc(-c3ccccc3CNC(=O)NC34CC5CC(CC(C5)C3)C4)cc2)OC1c1ccc(CO)cc1. The monoisotopic (exact) mass is 809 g/mol. The Morgan fingerprint density at radius 3 is 2.15 bits per heavy atom. The molecule has 4 aromatic rings. The first-order valence-corrected chi connectivity index (χ1v) is 22.3. The number of hydrogen-bond donors (Lipinski definition) is 4. The van der Waals surface area contributed by atoms with Crippen molar-refractivity contribution in [1.29, 1.82) is 0 Å². The average Bonchev–Trinajstić information content (AvgIpc) is 3.58. The third-order valence-electron chi connectivity index (χ3n) is 15.0. The number of benzene rings is 4. The van der Waals surface area contributed by atoms with Gasteiger partial charge < -0.3 is 40.3 Å². The maximum absolute atomic E-state index is 13.4. The van der Waals surface area contributed by atoms with E-state index in [1.54, 1.807) is 0 Å². The fraction of sp³-hybridized carbons (Fsp3) is 0.480. The van der Waals surface area contributed by atoms with E-state index >= 15 is 0 Å². The normalized spacial score (nSPS) is 30.7. The first-order valence-electron chi connectivity index (χ1n) is 22.3. The summed E-state index contributed by atoms with van der Waals surface area (Å²) in [4.78, 5) is 31.4. The lowest BCUT2D eigenvalue weighted by molar-refractivity contribution is -0.276. The number of aliphatic hydroxyl groups excluding tert-OH is 1. The summed E-state index contributed by atoms with van der Waals surface area (Å²) in [6.07, 6.45) is 8.00. The van der Waals surface area contributed by atoms with E-state index in [2.05, 4.69) is 99.4 Å². The van der Waals surface area contributed by atoms with Gasteiger partial charge in [0.25, 0.3) is 0 Å². The molecular weight excluding hydrogens is 751 g/mol. The molecule has 0 radical (unpaired) electrons. The molecule has 1 spiro atoms. The Labute approximate surface area is 354 Å². The van der Waals surface area contributed by atoms with Crippen LogP contribution in [0, 0.1) is 23.7 Å². The van der Waals surface area contributed by atoms with Crippen LogP contribution in [0.1, 0.15) is 92.9 Å². The predicted molar refractivity (Wildman–Crippen MR) is 231 cm³/mol. The van der Waals surface area contributed by atoms with E-state index in [-0.39, 0.29) is 42.2 Å². The number of carbonyl (C=O) groups is 2. The van der Waals surface area contributed by atoms with Crippen molar-refractivity contribution in [3.05, 3.63) is 125 Å². The summed E-state index contributed by atoms with van der Waals surface area (Å²) in [5.41, 5.74) is 6.59. The number of amides is 3. The van der Waals surface area contributed by atoms with Crippen molar-refractivity contribution in [2.45, 2.75) is 101 Å². The Bertz CT molecular complexity index is 2120. The molecular formula is C50H59N5O5. The number of nitrogens with zero attached hydrogens (tertiary/aromatic N) is 2. The zero-order chi connectivity index (χ0) is 40.8. The average molecular weight is 810 g/mol. The molecule has 314 valence electrons. The molecule has 3 saturated heterocycles. The molecule has 60 heavy (non-hydrogen) atoms. The van der Waals surface area contributed by atoms with Crippen molar-refractivity contribution in [1.82, 2.24) is 20.9 Å². The maximum Gasteiger partial charge on any atom is 0.315 e. The molecule has 4 saturated carbocycles. The highest BCUT2D eigenvalue weighted by Crippen LogP contribution is 2.55. The van der Waals surface area contributed by atoms with Crippen LogP contribution in [0.2, 0.25) is 0 Å². The third kappa shape index (κ3) is 7.61. The zero-order valence-corrected chi connectivity index (χ0v) is 34.7. The molecule has 0 aromatic heterocycles. The van der Waals surface area contributed by atoms with Crippen LogP contribution >= 0.6 is 0 Å². The first-order chi connectivity index (χ1) is 29.3. The number of urea groups is 1. The number of para-hydroxylation sites is 1. The number of ether oxygens (including phenoxy) is 2. The zero-order valence-electron chi connectivity index (χ0n) is 34.7. The highest BCUT2D eigenvalue weighted by molar-refractivity contribution is 5.93. The van der Waals surface area contributed by atoms with Crippen molar-refractivity contribution in [3.63, 3.8) is 0 Å². The van der Waals surface area contributed by atoms with E-state index in [0.717, 1.165) is 109 Å². The quantitative estimate of drug-likeness (QED) is 0.129. The van der Waals surface area contributed by atoms with Gasteiger partial charge in [-0.1, -0.05) is 97.9 Å². The second kappa shape index (κ2) is 16.3. The molecule has 10 heteroatoms. The maximum atomic E-state index is 13.4.